The molecule has 0 aliphatic carbocycles. The number of carbonyl (C=O) groups is 1. The van der Waals surface area contributed by atoms with Gasteiger partial charge in [0.25, 0.3) is 5.91 Å². The number of nitrogens with zero attached hydrogens (tertiary/aromatic N) is 2. The van der Waals surface area contributed by atoms with E-state index in [4.69, 9.17) is 13.9 Å². The van der Waals surface area contributed by atoms with Crippen molar-refractivity contribution < 1.29 is 18.7 Å². The molecule has 7 nitrogen and oxygen atoms in total. The number of carbonyl (C=O) groups excluding carboxylic acids is 1. The van der Waals surface area contributed by atoms with E-state index in [1.807, 2.05) is 72.8 Å². The monoisotopic (exact) mass is 443 g/mol. The maximum absolute atomic E-state index is 12.4. The van der Waals surface area contributed by atoms with Crippen LogP contribution in [0.5, 0.6) is 5.75 Å². The Morgan fingerprint density at radius 3 is 2.64 bits per heavy atom. The number of aromatic nitrogens is 1. The molecule has 5 rings (SSSR count). The van der Waals surface area contributed by atoms with Gasteiger partial charge in [0, 0.05) is 36.4 Å². The first-order valence-electron chi connectivity index (χ1n) is 11.0. The van der Waals surface area contributed by atoms with E-state index in [9.17, 15) is 4.79 Å². The Morgan fingerprint density at radius 1 is 1.00 bits per heavy atom. The summed E-state index contributed by atoms with van der Waals surface area (Å²) in [5, 5.41) is 3.42. The van der Waals surface area contributed by atoms with Crippen LogP contribution in [0, 0.1) is 0 Å². The Bertz CT molecular complexity index is 1230. The smallest absolute Gasteiger partial charge is 0.260 e. The van der Waals surface area contributed by atoms with Crippen LogP contribution >= 0.6 is 0 Å². The minimum Gasteiger partial charge on any atom is -0.483 e. The van der Waals surface area contributed by atoms with Crippen LogP contribution in [0.4, 0.5) is 5.69 Å². The van der Waals surface area contributed by atoms with Crippen molar-refractivity contribution in [2.24, 2.45) is 0 Å². The fraction of sp³-hybridized carbons (Fsp3) is 0.231. The second-order valence-electron chi connectivity index (χ2n) is 7.81. The number of hydrogen-bond acceptors (Lipinski definition) is 6. The number of hydrogen-bond donors (Lipinski definition) is 1. The summed E-state index contributed by atoms with van der Waals surface area (Å²) in [4.78, 5) is 18.8. The van der Waals surface area contributed by atoms with E-state index in [0.717, 1.165) is 27.9 Å². The minimum atomic E-state index is -0.0215. The molecule has 0 atom stereocenters. The molecule has 168 valence electrons. The van der Waals surface area contributed by atoms with E-state index in [-0.39, 0.29) is 12.5 Å². The predicted molar refractivity (Wildman–Crippen MR) is 126 cm³/mol. The van der Waals surface area contributed by atoms with Gasteiger partial charge in [-0.25, -0.2) is 4.98 Å². The molecule has 0 saturated carbocycles. The molecular formula is C26H25N3O4. The summed E-state index contributed by atoms with van der Waals surface area (Å²) < 4.78 is 17.1. The molecular weight excluding hydrogens is 418 g/mol. The topological polar surface area (TPSA) is 76.8 Å². The van der Waals surface area contributed by atoms with Crippen molar-refractivity contribution in [3.8, 4) is 17.2 Å². The zero-order chi connectivity index (χ0) is 22.5. The number of rotatable bonds is 7. The first kappa shape index (κ1) is 21.0. The van der Waals surface area contributed by atoms with Crippen LogP contribution in [0.1, 0.15) is 5.56 Å². The Hall–Kier alpha value is -3.84. The Labute approximate surface area is 191 Å². The zero-order valence-corrected chi connectivity index (χ0v) is 18.2. The maximum Gasteiger partial charge on any atom is 0.260 e. The summed E-state index contributed by atoms with van der Waals surface area (Å²) in [7, 11) is 0. The molecule has 1 saturated heterocycles. The molecule has 0 unspecified atom stereocenters. The van der Waals surface area contributed by atoms with Crippen LogP contribution in [-0.2, 0) is 16.1 Å². The fourth-order valence-electron chi connectivity index (χ4n) is 3.77. The molecule has 0 spiro atoms. The number of amides is 1. The minimum absolute atomic E-state index is 0.0180. The van der Waals surface area contributed by atoms with Gasteiger partial charge in [0.15, 0.2) is 12.2 Å². The van der Waals surface area contributed by atoms with E-state index in [1.54, 1.807) is 4.90 Å². The molecule has 33 heavy (non-hydrogen) atoms. The van der Waals surface area contributed by atoms with Gasteiger partial charge in [0.1, 0.15) is 11.3 Å². The molecule has 1 N–H and O–H groups in total. The lowest BCUT2D eigenvalue weighted by atomic mass is 10.2. The van der Waals surface area contributed by atoms with Crippen molar-refractivity contribution in [1.82, 2.24) is 9.88 Å². The van der Waals surface area contributed by atoms with Crippen LogP contribution in [-0.4, -0.2) is 48.7 Å². The third kappa shape index (κ3) is 4.99. The predicted octanol–water partition coefficient (Wildman–Crippen LogP) is 4.34. The van der Waals surface area contributed by atoms with Crippen LogP contribution < -0.4 is 10.1 Å². The zero-order valence-electron chi connectivity index (χ0n) is 18.2. The molecule has 4 aromatic rings. The van der Waals surface area contributed by atoms with E-state index in [0.29, 0.717) is 44.5 Å². The van der Waals surface area contributed by atoms with Crippen molar-refractivity contribution in [3.63, 3.8) is 0 Å². The van der Waals surface area contributed by atoms with E-state index in [1.165, 1.54) is 0 Å². The molecule has 0 radical (unpaired) electrons. The van der Waals surface area contributed by atoms with Gasteiger partial charge in [-0.05, 0) is 36.4 Å². The molecule has 1 aliphatic heterocycles. The molecule has 7 heteroatoms. The van der Waals surface area contributed by atoms with Crippen LogP contribution in [0.25, 0.3) is 22.6 Å². The summed E-state index contributed by atoms with van der Waals surface area (Å²) in [5.74, 6) is 1.28. The van der Waals surface area contributed by atoms with Crippen molar-refractivity contribution in [1.29, 1.82) is 0 Å². The highest BCUT2D eigenvalue weighted by Gasteiger charge is 2.17. The third-order valence-corrected chi connectivity index (χ3v) is 5.58. The molecule has 1 fully saturated rings. The summed E-state index contributed by atoms with van der Waals surface area (Å²) >= 11 is 0. The number of nitrogens with one attached hydrogen (secondary N) is 1. The standard InChI is InChI=1S/C26H25N3O4/c30-25(29-12-14-31-15-13-29)18-32-23-9-5-4-8-20(23)17-27-21-10-11-24-22(16-21)28-26(33-24)19-6-2-1-3-7-19/h1-11,16,27H,12-15,17-18H2. The molecule has 0 bridgehead atoms. The van der Waals surface area contributed by atoms with Gasteiger partial charge in [-0.3, -0.25) is 4.79 Å². The van der Waals surface area contributed by atoms with Gasteiger partial charge in [-0.15, -0.1) is 0 Å². The third-order valence-electron chi connectivity index (χ3n) is 5.58. The van der Waals surface area contributed by atoms with E-state index in [2.05, 4.69) is 10.3 Å². The normalized spacial score (nSPS) is 13.8. The summed E-state index contributed by atoms with van der Waals surface area (Å²) in [6.45, 7) is 2.95. The second kappa shape index (κ2) is 9.75. The Morgan fingerprint density at radius 2 is 1.79 bits per heavy atom. The van der Waals surface area contributed by atoms with Gasteiger partial charge in [0.2, 0.25) is 5.89 Å². The number of oxazole rings is 1. The SMILES string of the molecule is O=C(COc1ccccc1CNc1ccc2oc(-c3ccccc3)nc2c1)N1CCOCC1. The van der Waals surface area contributed by atoms with Gasteiger partial charge in [-0.2, -0.15) is 0 Å². The second-order valence-corrected chi connectivity index (χ2v) is 7.81. The summed E-state index contributed by atoms with van der Waals surface area (Å²) in [5.41, 5.74) is 4.37. The first-order chi connectivity index (χ1) is 16.3. The molecule has 3 aromatic carbocycles. The van der Waals surface area contributed by atoms with E-state index < -0.39 is 0 Å². The lowest BCUT2D eigenvalue weighted by Gasteiger charge is -2.26. The number of ether oxygens (including phenoxy) is 2. The Kier molecular flexibility index (Phi) is 6.21. The number of morpholine rings is 1. The van der Waals surface area contributed by atoms with Crippen molar-refractivity contribution in [3.05, 3.63) is 78.4 Å². The summed E-state index contributed by atoms with van der Waals surface area (Å²) in [6.07, 6.45) is 0. The number of fused-ring (bicyclic) bond motifs is 1. The lowest BCUT2D eigenvalue weighted by Crippen LogP contribution is -2.43. The van der Waals surface area contributed by atoms with Crippen LogP contribution in [0.15, 0.2) is 77.2 Å². The number of para-hydroxylation sites is 1. The van der Waals surface area contributed by atoms with Gasteiger partial charge < -0.3 is 24.1 Å². The molecule has 1 aliphatic rings. The quantitative estimate of drug-likeness (QED) is 0.458. The first-order valence-corrected chi connectivity index (χ1v) is 11.0. The number of benzene rings is 3. The van der Waals surface area contributed by atoms with Crippen molar-refractivity contribution >= 4 is 22.7 Å². The van der Waals surface area contributed by atoms with Crippen LogP contribution in [0.3, 0.4) is 0 Å². The largest absolute Gasteiger partial charge is 0.483 e. The maximum atomic E-state index is 12.4. The average molecular weight is 444 g/mol. The van der Waals surface area contributed by atoms with E-state index >= 15 is 0 Å². The Balaban J connectivity index is 1.24. The fourth-order valence-corrected chi connectivity index (χ4v) is 3.77. The highest BCUT2D eigenvalue weighted by atomic mass is 16.5. The average Bonchev–Trinajstić information content (AvgIpc) is 3.31. The molecule has 2 heterocycles. The highest BCUT2D eigenvalue weighted by molar-refractivity contribution is 5.80. The molecule has 1 aromatic heterocycles. The van der Waals surface area contributed by atoms with Gasteiger partial charge in [-0.1, -0.05) is 36.4 Å². The number of anilines is 1. The van der Waals surface area contributed by atoms with Crippen molar-refractivity contribution in [2.45, 2.75) is 6.54 Å². The van der Waals surface area contributed by atoms with Gasteiger partial charge in [0.05, 0.1) is 13.2 Å². The van der Waals surface area contributed by atoms with Crippen molar-refractivity contribution in [2.75, 3.05) is 38.2 Å². The highest BCUT2D eigenvalue weighted by Crippen LogP contribution is 2.27. The van der Waals surface area contributed by atoms with Crippen LogP contribution in [0.2, 0.25) is 0 Å². The lowest BCUT2D eigenvalue weighted by molar-refractivity contribution is -0.137. The summed E-state index contributed by atoms with van der Waals surface area (Å²) in [6, 6.07) is 23.4. The van der Waals surface area contributed by atoms with Gasteiger partial charge >= 0.3 is 0 Å². The molecule has 1 amide bonds.